The van der Waals surface area contributed by atoms with Crippen molar-refractivity contribution in [3.63, 3.8) is 0 Å². The number of rotatable bonds is 4. The molecule has 0 heterocycles. The molecule has 0 atom stereocenters. The van der Waals surface area contributed by atoms with E-state index in [4.69, 9.17) is 5.11 Å². The molecule has 0 saturated heterocycles. The normalized spacial score (nSPS) is 11.0. The Morgan fingerprint density at radius 3 is 2.62 bits per heavy atom. The van der Waals surface area contributed by atoms with Crippen molar-refractivity contribution in [2.45, 2.75) is 34.6 Å². The fourth-order valence-electron chi connectivity index (χ4n) is 1.70. The molecule has 1 rings (SSSR count). The lowest BCUT2D eigenvalue weighted by molar-refractivity contribution is 0.0924. The number of nitrogens with one attached hydrogen (secondary N) is 1. The standard InChI is InChI=1S/C18H25NO2/c1-13(2)18(4,5)12-19-17(21)16-9-8-14(3)11-15(16)7-6-10-20/h8-9,11,13,20H,10,12H2,1-5H3,(H,19,21). The highest BCUT2D eigenvalue weighted by atomic mass is 16.2. The molecule has 0 bridgehead atoms. The lowest BCUT2D eigenvalue weighted by Crippen LogP contribution is -2.37. The quantitative estimate of drug-likeness (QED) is 0.837. The van der Waals surface area contributed by atoms with Gasteiger partial charge in [0.05, 0.1) is 5.56 Å². The maximum atomic E-state index is 12.4. The Morgan fingerprint density at radius 1 is 1.38 bits per heavy atom. The molecule has 2 N–H and O–H groups in total. The van der Waals surface area contributed by atoms with Crippen molar-refractivity contribution in [2.24, 2.45) is 11.3 Å². The second-order valence-electron chi connectivity index (χ2n) is 6.33. The second kappa shape index (κ2) is 7.28. The minimum absolute atomic E-state index is 0.0390. The van der Waals surface area contributed by atoms with Crippen molar-refractivity contribution in [3.8, 4) is 11.8 Å². The van der Waals surface area contributed by atoms with Crippen LogP contribution in [0.15, 0.2) is 18.2 Å². The van der Waals surface area contributed by atoms with Crippen LogP contribution in [0, 0.1) is 30.1 Å². The zero-order chi connectivity index (χ0) is 16.0. The monoisotopic (exact) mass is 287 g/mol. The summed E-state index contributed by atoms with van der Waals surface area (Å²) in [5, 5.41) is 11.8. The molecular weight excluding hydrogens is 262 g/mol. The summed E-state index contributed by atoms with van der Waals surface area (Å²) >= 11 is 0. The Kier molecular flexibility index (Phi) is 5.99. The maximum absolute atomic E-state index is 12.4. The molecule has 3 heteroatoms. The number of aliphatic hydroxyl groups is 1. The van der Waals surface area contributed by atoms with Gasteiger partial charge in [0.1, 0.15) is 6.61 Å². The average molecular weight is 287 g/mol. The number of benzene rings is 1. The molecule has 0 spiro atoms. The molecule has 114 valence electrons. The first-order valence-electron chi connectivity index (χ1n) is 7.26. The molecule has 0 aliphatic rings. The summed E-state index contributed by atoms with van der Waals surface area (Å²) in [5.74, 6) is 5.80. The second-order valence-corrected chi connectivity index (χ2v) is 6.33. The number of hydrogen-bond donors (Lipinski definition) is 2. The van der Waals surface area contributed by atoms with Crippen LogP contribution < -0.4 is 5.32 Å². The van der Waals surface area contributed by atoms with E-state index in [1.165, 1.54) is 0 Å². The van der Waals surface area contributed by atoms with Gasteiger partial charge in [-0.05, 0) is 36.0 Å². The molecule has 1 aromatic carbocycles. The number of carbonyl (C=O) groups is 1. The van der Waals surface area contributed by atoms with E-state index in [9.17, 15) is 4.79 Å². The fraction of sp³-hybridized carbons (Fsp3) is 0.500. The third kappa shape index (κ3) is 4.91. The largest absolute Gasteiger partial charge is 0.384 e. The minimum atomic E-state index is -0.213. The van der Waals surface area contributed by atoms with Gasteiger partial charge in [-0.25, -0.2) is 0 Å². The summed E-state index contributed by atoms with van der Waals surface area (Å²) in [6, 6.07) is 5.55. The number of aliphatic hydroxyl groups excluding tert-OH is 1. The van der Waals surface area contributed by atoms with Crippen molar-refractivity contribution < 1.29 is 9.90 Å². The number of hydrogen-bond acceptors (Lipinski definition) is 2. The Hall–Kier alpha value is -1.79. The number of amides is 1. The van der Waals surface area contributed by atoms with Gasteiger partial charge in [-0.2, -0.15) is 0 Å². The van der Waals surface area contributed by atoms with Gasteiger partial charge in [-0.3, -0.25) is 4.79 Å². The molecule has 21 heavy (non-hydrogen) atoms. The van der Waals surface area contributed by atoms with E-state index in [0.29, 0.717) is 23.6 Å². The molecular formula is C18H25NO2. The van der Waals surface area contributed by atoms with E-state index >= 15 is 0 Å². The van der Waals surface area contributed by atoms with Crippen molar-refractivity contribution in [2.75, 3.05) is 13.2 Å². The summed E-state index contributed by atoms with van der Waals surface area (Å²) in [5.41, 5.74) is 2.29. The molecule has 0 aliphatic heterocycles. The lowest BCUT2D eigenvalue weighted by Gasteiger charge is -2.29. The highest BCUT2D eigenvalue weighted by Crippen LogP contribution is 2.24. The highest BCUT2D eigenvalue weighted by Gasteiger charge is 2.23. The van der Waals surface area contributed by atoms with Crippen LogP contribution in [-0.2, 0) is 0 Å². The highest BCUT2D eigenvalue weighted by molar-refractivity contribution is 5.96. The first-order valence-corrected chi connectivity index (χ1v) is 7.26. The van der Waals surface area contributed by atoms with E-state index in [1.807, 2.05) is 19.1 Å². The van der Waals surface area contributed by atoms with Gasteiger partial charge in [-0.1, -0.05) is 45.6 Å². The van der Waals surface area contributed by atoms with E-state index in [1.54, 1.807) is 6.07 Å². The van der Waals surface area contributed by atoms with Gasteiger partial charge < -0.3 is 10.4 Å². The van der Waals surface area contributed by atoms with E-state index < -0.39 is 0 Å². The topological polar surface area (TPSA) is 49.3 Å². The van der Waals surface area contributed by atoms with E-state index in [-0.39, 0.29) is 17.9 Å². The fourth-order valence-corrected chi connectivity index (χ4v) is 1.70. The number of carbonyl (C=O) groups excluding carboxylic acids is 1. The van der Waals surface area contributed by atoms with Crippen LogP contribution in [0.3, 0.4) is 0 Å². The molecule has 0 aromatic heterocycles. The SMILES string of the molecule is Cc1ccc(C(=O)NCC(C)(C)C(C)C)c(C#CCO)c1. The summed E-state index contributed by atoms with van der Waals surface area (Å²) in [6.07, 6.45) is 0. The number of aryl methyl sites for hydroxylation is 1. The zero-order valence-electron chi connectivity index (χ0n) is 13.6. The van der Waals surface area contributed by atoms with Gasteiger partial charge in [0, 0.05) is 12.1 Å². The van der Waals surface area contributed by atoms with Gasteiger partial charge in [0.25, 0.3) is 5.91 Å². The van der Waals surface area contributed by atoms with Crippen LogP contribution in [0.1, 0.15) is 49.2 Å². The van der Waals surface area contributed by atoms with Crippen LogP contribution in [-0.4, -0.2) is 24.2 Å². The van der Waals surface area contributed by atoms with Crippen molar-refractivity contribution in [1.82, 2.24) is 5.32 Å². The van der Waals surface area contributed by atoms with Crippen LogP contribution in [0.2, 0.25) is 0 Å². The summed E-state index contributed by atoms with van der Waals surface area (Å²) < 4.78 is 0. The zero-order valence-corrected chi connectivity index (χ0v) is 13.6. The Morgan fingerprint density at radius 2 is 2.05 bits per heavy atom. The Bertz CT molecular complexity index is 562. The molecule has 0 radical (unpaired) electrons. The van der Waals surface area contributed by atoms with Gasteiger partial charge in [0.15, 0.2) is 0 Å². The third-order valence-corrected chi connectivity index (χ3v) is 3.99. The van der Waals surface area contributed by atoms with Crippen LogP contribution in [0.25, 0.3) is 0 Å². The summed E-state index contributed by atoms with van der Waals surface area (Å²) in [4.78, 5) is 12.4. The first kappa shape index (κ1) is 17.3. The lowest BCUT2D eigenvalue weighted by atomic mass is 9.81. The Balaban J connectivity index is 2.93. The molecule has 3 nitrogen and oxygen atoms in total. The first-order chi connectivity index (χ1) is 9.77. The van der Waals surface area contributed by atoms with Crippen molar-refractivity contribution >= 4 is 5.91 Å². The van der Waals surface area contributed by atoms with Crippen molar-refractivity contribution in [3.05, 3.63) is 34.9 Å². The summed E-state index contributed by atoms with van der Waals surface area (Å²) in [6.45, 7) is 10.9. The molecule has 1 aromatic rings. The molecule has 1 amide bonds. The average Bonchev–Trinajstić information content (AvgIpc) is 2.42. The van der Waals surface area contributed by atoms with E-state index in [2.05, 4.69) is 44.9 Å². The van der Waals surface area contributed by atoms with Crippen LogP contribution in [0.5, 0.6) is 0 Å². The van der Waals surface area contributed by atoms with Crippen molar-refractivity contribution in [1.29, 1.82) is 0 Å². The smallest absolute Gasteiger partial charge is 0.252 e. The molecule has 0 saturated carbocycles. The van der Waals surface area contributed by atoms with Gasteiger partial charge in [0.2, 0.25) is 0 Å². The predicted octanol–water partition coefficient (Wildman–Crippen LogP) is 2.75. The molecule has 0 fully saturated rings. The Labute approximate surface area is 127 Å². The third-order valence-electron chi connectivity index (χ3n) is 3.99. The van der Waals surface area contributed by atoms with Crippen LogP contribution in [0.4, 0.5) is 0 Å². The van der Waals surface area contributed by atoms with Gasteiger partial charge in [-0.15, -0.1) is 0 Å². The summed E-state index contributed by atoms with van der Waals surface area (Å²) in [7, 11) is 0. The van der Waals surface area contributed by atoms with E-state index in [0.717, 1.165) is 5.56 Å². The van der Waals surface area contributed by atoms with Gasteiger partial charge >= 0.3 is 0 Å². The maximum Gasteiger partial charge on any atom is 0.252 e. The molecule has 0 aliphatic carbocycles. The molecule has 0 unspecified atom stereocenters. The predicted molar refractivity (Wildman–Crippen MR) is 86.1 cm³/mol. The minimum Gasteiger partial charge on any atom is -0.384 e. The van der Waals surface area contributed by atoms with Crippen LogP contribution >= 0.6 is 0 Å².